The number of aromatic nitrogens is 1. The molecule has 6 nitrogen and oxygen atoms in total. The third-order valence-corrected chi connectivity index (χ3v) is 5.18. The molecule has 0 bridgehead atoms. The number of aryl methyl sites for hydroxylation is 1. The second-order valence-electron chi connectivity index (χ2n) is 6.17. The number of nitrogens with one attached hydrogen (secondary N) is 2. The zero-order valence-corrected chi connectivity index (χ0v) is 16.1. The fourth-order valence-electron chi connectivity index (χ4n) is 3.07. The number of ether oxygens (including phenoxy) is 1. The summed E-state index contributed by atoms with van der Waals surface area (Å²) in [6.45, 7) is 3.58. The minimum Gasteiger partial charge on any atom is -0.379 e. The first-order valence-electron chi connectivity index (χ1n) is 8.47. The van der Waals surface area contributed by atoms with Gasteiger partial charge in [-0.25, -0.2) is 4.79 Å². The van der Waals surface area contributed by atoms with Gasteiger partial charge in [-0.1, -0.05) is 23.2 Å². The average Bonchev–Trinajstić information content (AvgIpc) is 3.05. The highest BCUT2D eigenvalue weighted by Gasteiger charge is 2.24. The highest BCUT2D eigenvalue weighted by Crippen LogP contribution is 2.25. The number of halogens is 2. The van der Waals surface area contributed by atoms with Crippen LogP contribution < -0.4 is 10.6 Å². The molecule has 0 unspecified atom stereocenters. The molecule has 0 saturated carbocycles. The smallest absolute Gasteiger partial charge is 0.319 e. The van der Waals surface area contributed by atoms with Gasteiger partial charge in [0.25, 0.3) is 0 Å². The third kappa shape index (κ3) is 4.71. The van der Waals surface area contributed by atoms with E-state index in [0.717, 1.165) is 18.8 Å². The second-order valence-corrected chi connectivity index (χ2v) is 6.99. The van der Waals surface area contributed by atoms with E-state index in [-0.39, 0.29) is 12.1 Å². The number of hydrogen-bond acceptors (Lipinski definition) is 3. The molecule has 2 amide bonds. The Labute approximate surface area is 163 Å². The highest BCUT2D eigenvalue weighted by atomic mass is 35.5. The van der Waals surface area contributed by atoms with Crippen molar-refractivity contribution in [2.24, 2.45) is 7.05 Å². The Morgan fingerprint density at radius 3 is 2.65 bits per heavy atom. The lowest BCUT2D eigenvalue weighted by molar-refractivity contribution is 0.0154. The summed E-state index contributed by atoms with van der Waals surface area (Å²) in [5, 5.41) is 6.60. The van der Waals surface area contributed by atoms with Crippen LogP contribution in [0.3, 0.4) is 0 Å². The van der Waals surface area contributed by atoms with Crippen LogP contribution in [0.4, 0.5) is 10.5 Å². The molecule has 8 heteroatoms. The van der Waals surface area contributed by atoms with Gasteiger partial charge >= 0.3 is 6.03 Å². The monoisotopic (exact) mass is 396 g/mol. The van der Waals surface area contributed by atoms with Gasteiger partial charge in [0, 0.05) is 44.3 Å². The number of hydrogen-bond donors (Lipinski definition) is 2. The molecule has 26 heavy (non-hydrogen) atoms. The maximum Gasteiger partial charge on any atom is 0.319 e. The standard InChI is InChI=1S/C18H22Cl2N4O2/c1-23-6-2-3-16(23)17(24-7-9-26-10-8-24)12-21-18(25)22-13-4-5-14(19)15(20)11-13/h2-6,11,17H,7-10,12H2,1H3,(H2,21,22,25)/t17-/m1/s1. The first-order valence-corrected chi connectivity index (χ1v) is 9.23. The van der Waals surface area contributed by atoms with Crippen LogP contribution in [-0.2, 0) is 11.8 Å². The molecule has 1 saturated heterocycles. The predicted molar refractivity (Wildman–Crippen MR) is 104 cm³/mol. The van der Waals surface area contributed by atoms with E-state index >= 15 is 0 Å². The van der Waals surface area contributed by atoms with Gasteiger partial charge in [-0.15, -0.1) is 0 Å². The average molecular weight is 397 g/mol. The van der Waals surface area contributed by atoms with Crippen molar-refractivity contribution >= 4 is 34.9 Å². The predicted octanol–water partition coefficient (Wildman–Crippen LogP) is 3.53. The van der Waals surface area contributed by atoms with Gasteiger partial charge in [-0.2, -0.15) is 0 Å². The van der Waals surface area contributed by atoms with Crippen LogP contribution in [0.5, 0.6) is 0 Å². The van der Waals surface area contributed by atoms with E-state index in [1.165, 1.54) is 0 Å². The summed E-state index contributed by atoms with van der Waals surface area (Å²) in [4.78, 5) is 14.6. The molecule has 1 aromatic carbocycles. The maximum atomic E-state index is 12.3. The number of morpholine rings is 1. The van der Waals surface area contributed by atoms with Crippen LogP contribution in [0.2, 0.25) is 10.0 Å². The molecule has 0 radical (unpaired) electrons. The van der Waals surface area contributed by atoms with Gasteiger partial charge in [-0.05, 0) is 30.3 Å². The molecule has 0 aliphatic carbocycles. The van der Waals surface area contributed by atoms with Gasteiger partial charge < -0.3 is 19.9 Å². The maximum absolute atomic E-state index is 12.3. The summed E-state index contributed by atoms with van der Waals surface area (Å²) in [6.07, 6.45) is 2.01. The summed E-state index contributed by atoms with van der Waals surface area (Å²) in [5.74, 6) is 0. The SMILES string of the molecule is Cn1cccc1[C@@H](CNC(=O)Nc1ccc(Cl)c(Cl)c1)N1CCOCC1. The topological polar surface area (TPSA) is 58.5 Å². The van der Waals surface area contributed by atoms with Crippen molar-refractivity contribution < 1.29 is 9.53 Å². The molecule has 2 N–H and O–H groups in total. The van der Waals surface area contributed by atoms with E-state index < -0.39 is 0 Å². The fourth-order valence-corrected chi connectivity index (χ4v) is 3.37. The van der Waals surface area contributed by atoms with Crippen molar-refractivity contribution in [3.63, 3.8) is 0 Å². The van der Waals surface area contributed by atoms with Gasteiger partial charge in [0.15, 0.2) is 0 Å². The van der Waals surface area contributed by atoms with E-state index in [1.54, 1.807) is 18.2 Å². The normalized spacial score (nSPS) is 16.3. The van der Waals surface area contributed by atoms with Crippen molar-refractivity contribution in [1.82, 2.24) is 14.8 Å². The number of carbonyl (C=O) groups is 1. The van der Waals surface area contributed by atoms with Crippen molar-refractivity contribution in [2.75, 3.05) is 38.2 Å². The van der Waals surface area contributed by atoms with E-state index in [9.17, 15) is 4.79 Å². The van der Waals surface area contributed by atoms with Crippen LogP contribution >= 0.6 is 23.2 Å². The first kappa shape index (κ1) is 19.0. The number of urea groups is 1. The fraction of sp³-hybridized carbons (Fsp3) is 0.389. The zero-order chi connectivity index (χ0) is 18.5. The van der Waals surface area contributed by atoms with Crippen molar-refractivity contribution in [3.05, 3.63) is 52.3 Å². The molecule has 1 atom stereocenters. The van der Waals surface area contributed by atoms with Gasteiger partial charge in [-0.3, -0.25) is 4.90 Å². The molecule has 2 aromatic rings. The van der Waals surface area contributed by atoms with Gasteiger partial charge in [0.2, 0.25) is 0 Å². The lowest BCUT2D eigenvalue weighted by atomic mass is 10.1. The quantitative estimate of drug-likeness (QED) is 0.812. The minimum atomic E-state index is -0.282. The summed E-state index contributed by atoms with van der Waals surface area (Å²) >= 11 is 11.9. The lowest BCUT2D eigenvalue weighted by Gasteiger charge is -2.34. The molecular weight excluding hydrogens is 375 g/mol. The number of carbonyl (C=O) groups excluding carboxylic acids is 1. The molecule has 1 fully saturated rings. The summed E-state index contributed by atoms with van der Waals surface area (Å²) in [7, 11) is 2.01. The summed E-state index contributed by atoms with van der Waals surface area (Å²) < 4.78 is 7.53. The Bertz CT molecular complexity index is 759. The summed E-state index contributed by atoms with van der Waals surface area (Å²) in [5.41, 5.74) is 1.75. The Balaban J connectivity index is 1.64. The molecular formula is C18H22Cl2N4O2. The van der Waals surface area contributed by atoms with E-state index in [0.29, 0.717) is 35.5 Å². The van der Waals surface area contributed by atoms with Crippen LogP contribution in [-0.4, -0.2) is 48.3 Å². The third-order valence-electron chi connectivity index (χ3n) is 4.45. The molecule has 1 aromatic heterocycles. The molecule has 2 heterocycles. The molecule has 0 spiro atoms. The molecule has 1 aliphatic rings. The van der Waals surface area contributed by atoms with Crippen LogP contribution in [0.25, 0.3) is 0 Å². The molecule has 1 aliphatic heterocycles. The lowest BCUT2D eigenvalue weighted by Crippen LogP contribution is -2.45. The largest absolute Gasteiger partial charge is 0.379 e. The highest BCUT2D eigenvalue weighted by molar-refractivity contribution is 6.42. The minimum absolute atomic E-state index is 0.0819. The first-order chi connectivity index (χ1) is 12.5. The number of amides is 2. The van der Waals surface area contributed by atoms with Gasteiger partial charge in [0.05, 0.1) is 29.3 Å². The van der Waals surface area contributed by atoms with Crippen molar-refractivity contribution in [3.8, 4) is 0 Å². The zero-order valence-electron chi connectivity index (χ0n) is 14.5. The van der Waals surface area contributed by atoms with Crippen molar-refractivity contribution in [1.29, 1.82) is 0 Å². The van der Waals surface area contributed by atoms with Crippen LogP contribution in [0.1, 0.15) is 11.7 Å². The molecule has 140 valence electrons. The van der Waals surface area contributed by atoms with Gasteiger partial charge in [0.1, 0.15) is 0 Å². The van der Waals surface area contributed by atoms with Crippen molar-refractivity contribution in [2.45, 2.75) is 6.04 Å². The van der Waals surface area contributed by atoms with E-state index in [4.69, 9.17) is 27.9 Å². The Morgan fingerprint density at radius 2 is 2.00 bits per heavy atom. The van der Waals surface area contributed by atoms with E-state index in [2.05, 4.69) is 26.2 Å². The number of anilines is 1. The number of rotatable bonds is 5. The summed E-state index contributed by atoms with van der Waals surface area (Å²) in [6, 6.07) is 8.89. The molecule has 3 rings (SSSR count). The van der Waals surface area contributed by atoms with Crippen LogP contribution in [0.15, 0.2) is 36.5 Å². The van der Waals surface area contributed by atoms with E-state index in [1.807, 2.05) is 19.3 Å². The Kier molecular flexibility index (Phi) is 6.43. The van der Waals surface area contributed by atoms with Crippen LogP contribution in [0, 0.1) is 0 Å². The Morgan fingerprint density at radius 1 is 1.23 bits per heavy atom. The second kappa shape index (κ2) is 8.77. The number of nitrogens with zero attached hydrogens (tertiary/aromatic N) is 2. The Hall–Kier alpha value is -1.73. The number of benzene rings is 1.